The number of hydrogen-bond donors (Lipinski definition) is 0. The molecule has 0 aliphatic heterocycles. The maximum Gasteiger partial charge on any atom is 0.235 e. The van der Waals surface area contributed by atoms with E-state index in [9.17, 15) is 0 Å². The number of hydrogen-bond acceptors (Lipinski definition) is 5. The van der Waals surface area contributed by atoms with E-state index in [4.69, 9.17) is 24.4 Å². The molecule has 4 aromatic heterocycles. The van der Waals surface area contributed by atoms with Crippen LogP contribution in [0, 0.1) is 0 Å². The lowest BCUT2D eigenvalue weighted by Crippen LogP contribution is -2.04. The summed E-state index contributed by atoms with van der Waals surface area (Å²) in [6.07, 6.45) is 0. The Hall–Kier alpha value is -6.92. The van der Waals surface area contributed by atoms with Crippen LogP contribution in [0.3, 0.4) is 0 Å². The Balaban J connectivity index is 1.20. The highest BCUT2D eigenvalue weighted by Gasteiger charge is 2.21. The zero-order valence-corrected chi connectivity index (χ0v) is 26.7. The van der Waals surface area contributed by atoms with Crippen molar-refractivity contribution in [3.05, 3.63) is 164 Å². The summed E-state index contributed by atoms with van der Waals surface area (Å²) in [5.41, 5.74) is 9.89. The summed E-state index contributed by atoms with van der Waals surface area (Å²) < 4.78 is 8.48. The first-order valence-electron chi connectivity index (χ1n) is 16.6. The quantitative estimate of drug-likeness (QED) is 0.187. The predicted octanol–water partition coefficient (Wildman–Crippen LogP) is 10.9. The maximum absolute atomic E-state index is 6.32. The first kappa shape index (κ1) is 28.1. The molecule has 0 atom stereocenters. The summed E-state index contributed by atoms with van der Waals surface area (Å²) in [6, 6.07) is 55.7. The van der Waals surface area contributed by atoms with E-state index in [2.05, 4.69) is 95.6 Å². The third-order valence-corrected chi connectivity index (χ3v) is 9.27. The Morgan fingerprint density at radius 2 is 1.00 bits per heavy atom. The van der Waals surface area contributed by atoms with Crippen LogP contribution in [0.4, 0.5) is 0 Å². The number of furan rings is 1. The number of aromatic nitrogens is 5. The number of para-hydroxylation sites is 2. The molecule has 0 spiro atoms. The highest BCUT2D eigenvalue weighted by Crippen LogP contribution is 2.38. The second-order valence-electron chi connectivity index (χ2n) is 12.3. The zero-order chi connectivity index (χ0) is 33.0. The largest absolute Gasteiger partial charge is 0.438 e. The molecule has 50 heavy (non-hydrogen) atoms. The summed E-state index contributed by atoms with van der Waals surface area (Å²) in [5, 5.41) is 4.06. The van der Waals surface area contributed by atoms with Gasteiger partial charge in [-0.15, -0.1) is 0 Å². The van der Waals surface area contributed by atoms with E-state index >= 15 is 0 Å². The second kappa shape index (κ2) is 11.4. The molecule has 4 heterocycles. The number of fused-ring (bicyclic) bond motifs is 6. The minimum Gasteiger partial charge on any atom is -0.438 e. The van der Waals surface area contributed by atoms with Gasteiger partial charge in [0.05, 0.1) is 33.5 Å². The van der Waals surface area contributed by atoms with Crippen molar-refractivity contribution in [2.75, 3.05) is 0 Å². The predicted molar refractivity (Wildman–Crippen MR) is 201 cm³/mol. The van der Waals surface area contributed by atoms with Crippen molar-refractivity contribution in [1.29, 1.82) is 0 Å². The molecule has 234 valence electrons. The fourth-order valence-corrected chi connectivity index (χ4v) is 6.93. The smallest absolute Gasteiger partial charge is 0.235 e. The molecule has 10 aromatic rings. The summed E-state index contributed by atoms with van der Waals surface area (Å²) in [6.45, 7) is 0. The SMILES string of the molecule is c1ccc(-c2cc(-c3ccccc3)nc(-n3c4ccccc4c4cc(-c5nc(-c6ccccc6)c6c(n5)oc5ccccc56)ccc43)n2)cc1. The van der Waals surface area contributed by atoms with Gasteiger partial charge in [0.1, 0.15) is 5.58 Å². The van der Waals surface area contributed by atoms with Crippen LogP contribution >= 0.6 is 0 Å². The van der Waals surface area contributed by atoms with Crippen LogP contribution in [-0.4, -0.2) is 24.5 Å². The number of rotatable bonds is 5. The van der Waals surface area contributed by atoms with Gasteiger partial charge in [0.25, 0.3) is 0 Å². The third-order valence-electron chi connectivity index (χ3n) is 9.27. The lowest BCUT2D eigenvalue weighted by molar-refractivity contribution is 0.653. The monoisotopic (exact) mass is 641 g/mol. The summed E-state index contributed by atoms with van der Waals surface area (Å²) >= 11 is 0. The Morgan fingerprint density at radius 3 is 1.70 bits per heavy atom. The molecule has 0 saturated carbocycles. The molecule has 0 amide bonds. The van der Waals surface area contributed by atoms with Crippen LogP contribution in [0.25, 0.3) is 95.0 Å². The Labute approximate surface area is 287 Å². The molecule has 6 heteroatoms. The Bertz CT molecular complexity index is 2800. The summed E-state index contributed by atoms with van der Waals surface area (Å²) in [4.78, 5) is 20.5. The van der Waals surface area contributed by atoms with Crippen molar-refractivity contribution in [2.45, 2.75) is 0 Å². The van der Waals surface area contributed by atoms with E-state index in [1.54, 1.807) is 0 Å². The van der Waals surface area contributed by atoms with Crippen molar-refractivity contribution in [2.24, 2.45) is 0 Å². The van der Waals surface area contributed by atoms with E-state index in [-0.39, 0.29) is 0 Å². The van der Waals surface area contributed by atoms with Gasteiger partial charge in [0.15, 0.2) is 5.82 Å². The first-order chi connectivity index (χ1) is 24.8. The molecule has 0 aliphatic rings. The van der Waals surface area contributed by atoms with Crippen molar-refractivity contribution in [3.8, 4) is 51.1 Å². The van der Waals surface area contributed by atoms with Gasteiger partial charge in [-0.1, -0.05) is 127 Å². The van der Waals surface area contributed by atoms with E-state index in [1.165, 1.54) is 0 Å². The fraction of sp³-hybridized carbons (Fsp3) is 0. The van der Waals surface area contributed by atoms with Crippen molar-refractivity contribution >= 4 is 43.9 Å². The van der Waals surface area contributed by atoms with Crippen molar-refractivity contribution in [3.63, 3.8) is 0 Å². The maximum atomic E-state index is 6.32. The first-order valence-corrected chi connectivity index (χ1v) is 16.6. The Kier molecular flexibility index (Phi) is 6.39. The van der Waals surface area contributed by atoms with Crippen LogP contribution in [0.1, 0.15) is 0 Å². The third kappa shape index (κ3) is 4.58. The van der Waals surface area contributed by atoms with Crippen LogP contribution in [0.2, 0.25) is 0 Å². The van der Waals surface area contributed by atoms with Gasteiger partial charge in [0, 0.05) is 38.4 Å². The van der Waals surface area contributed by atoms with Gasteiger partial charge < -0.3 is 4.42 Å². The molecule has 0 radical (unpaired) electrons. The highest BCUT2D eigenvalue weighted by molar-refractivity contribution is 6.12. The topological polar surface area (TPSA) is 69.6 Å². The average Bonchev–Trinajstić information content (AvgIpc) is 3.74. The minimum absolute atomic E-state index is 0.567. The lowest BCUT2D eigenvalue weighted by Gasteiger charge is -2.12. The van der Waals surface area contributed by atoms with Gasteiger partial charge in [-0.05, 0) is 36.4 Å². The van der Waals surface area contributed by atoms with Crippen LogP contribution < -0.4 is 0 Å². The van der Waals surface area contributed by atoms with E-state index < -0.39 is 0 Å². The van der Waals surface area contributed by atoms with Gasteiger partial charge in [-0.2, -0.15) is 4.98 Å². The average molecular weight is 642 g/mol. The summed E-state index contributed by atoms with van der Waals surface area (Å²) in [7, 11) is 0. The molecular weight excluding hydrogens is 615 g/mol. The summed E-state index contributed by atoms with van der Waals surface area (Å²) in [5.74, 6) is 1.21. The van der Waals surface area contributed by atoms with Crippen molar-refractivity contribution < 1.29 is 4.42 Å². The van der Waals surface area contributed by atoms with Gasteiger partial charge in [0.2, 0.25) is 11.7 Å². The van der Waals surface area contributed by atoms with Gasteiger partial charge in [-0.25, -0.2) is 15.0 Å². The molecule has 0 fully saturated rings. The molecule has 0 N–H and O–H groups in total. The molecule has 0 saturated heterocycles. The Morgan fingerprint density at radius 1 is 0.420 bits per heavy atom. The standard InChI is InChI=1S/C44H27N5O/c1-4-14-28(15-5-1)35-27-36(29-16-6-2-7-17-29)46-44(45-35)49-37-22-12-10-20-32(37)34-26-31(24-25-38(34)49)42-47-41(30-18-8-3-9-19-30)40-33-21-11-13-23-39(33)50-43(40)48-42/h1-27H. The molecular formula is C44H27N5O. The van der Waals surface area contributed by atoms with Crippen molar-refractivity contribution in [1.82, 2.24) is 24.5 Å². The van der Waals surface area contributed by atoms with E-state index in [1.807, 2.05) is 72.8 Å². The normalized spacial score (nSPS) is 11.6. The molecule has 0 unspecified atom stereocenters. The molecule has 10 rings (SSSR count). The number of benzene rings is 6. The zero-order valence-electron chi connectivity index (χ0n) is 26.7. The molecule has 6 nitrogen and oxygen atoms in total. The van der Waals surface area contributed by atoms with Gasteiger partial charge >= 0.3 is 0 Å². The molecule has 0 bridgehead atoms. The minimum atomic E-state index is 0.567. The molecule has 6 aromatic carbocycles. The van der Waals surface area contributed by atoms with E-state index in [0.29, 0.717) is 17.5 Å². The van der Waals surface area contributed by atoms with Crippen LogP contribution in [0.15, 0.2) is 168 Å². The number of nitrogens with zero attached hydrogens (tertiary/aromatic N) is 5. The fourth-order valence-electron chi connectivity index (χ4n) is 6.93. The van der Waals surface area contributed by atoms with E-state index in [0.717, 1.165) is 77.5 Å². The lowest BCUT2D eigenvalue weighted by atomic mass is 10.0. The van der Waals surface area contributed by atoms with Crippen LogP contribution in [0.5, 0.6) is 0 Å². The second-order valence-corrected chi connectivity index (χ2v) is 12.3. The van der Waals surface area contributed by atoms with Crippen LogP contribution in [-0.2, 0) is 0 Å². The highest BCUT2D eigenvalue weighted by atomic mass is 16.3. The van der Waals surface area contributed by atoms with Gasteiger partial charge in [-0.3, -0.25) is 4.57 Å². The molecule has 0 aliphatic carbocycles.